The van der Waals surface area contributed by atoms with Crippen molar-refractivity contribution in [2.75, 3.05) is 7.11 Å². The summed E-state index contributed by atoms with van der Waals surface area (Å²) in [5.41, 5.74) is 0. The van der Waals surface area contributed by atoms with E-state index in [4.69, 9.17) is 0 Å². The minimum Gasteiger partial charge on any atom is -0.466 e. The van der Waals surface area contributed by atoms with E-state index in [-0.39, 0.29) is 11.9 Å². The standard InChI is InChI=1S/C12H18O3/c1-15-12(14)8-4-7-11(9-13)10-5-2-3-6-10/h4,8-11H,2-3,5-7H2,1H3. The average molecular weight is 210 g/mol. The van der Waals surface area contributed by atoms with Gasteiger partial charge in [0.2, 0.25) is 0 Å². The molecule has 15 heavy (non-hydrogen) atoms. The van der Waals surface area contributed by atoms with E-state index in [0.717, 1.165) is 19.1 Å². The van der Waals surface area contributed by atoms with Crippen molar-refractivity contribution in [2.24, 2.45) is 11.8 Å². The molecule has 0 aliphatic heterocycles. The molecule has 1 atom stereocenters. The molecule has 0 heterocycles. The molecule has 1 saturated carbocycles. The molecule has 0 aromatic carbocycles. The summed E-state index contributed by atoms with van der Waals surface area (Å²) in [5.74, 6) is 0.240. The number of aldehydes is 1. The first-order valence-corrected chi connectivity index (χ1v) is 5.47. The number of carbonyl (C=O) groups excluding carboxylic acids is 2. The molecular formula is C12H18O3. The van der Waals surface area contributed by atoms with Crippen LogP contribution in [-0.4, -0.2) is 19.4 Å². The van der Waals surface area contributed by atoms with Crippen molar-refractivity contribution in [1.82, 2.24) is 0 Å². The number of carbonyl (C=O) groups is 2. The van der Waals surface area contributed by atoms with Crippen LogP contribution in [0.1, 0.15) is 32.1 Å². The first-order valence-electron chi connectivity index (χ1n) is 5.47. The maximum absolute atomic E-state index is 10.9. The number of rotatable bonds is 5. The fraction of sp³-hybridized carbons (Fsp3) is 0.667. The SMILES string of the molecule is COC(=O)C=CCC(C=O)C1CCCC1. The van der Waals surface area contributed by atoms with Gasteiger partial charge < -0.3 is 9.53 Å². The number of hydrogen-bond acceptors (Lipinski definition) is 3. The van der Waals surface area contributed by atoms with E-state index in [9.17, 15) is 9.59 Å². The zero-order valence-corrected chi connectivity index (χ0v) is 9.15. The third kappa shape index (κ3) is 3.86. The Morgan fingerprint density at radius 3 is 2.67 bits per heavy atom. The van der Waals surface area contributed by atoms with Crippen molar-refractivity contribution in [3.8, 4) is 0 Å². The Bertz CT molecular complexity index is 239. The second-order valence-electron chi connectivity index (χ2n) is 4.01. The van der Waals surface area contributed by atoms with E-state index < -0.39 is 0 Å². The Labute approximate surface area is 90.5 Å². The van der Waals surface area contributed by atoms with E-state index in [1.54, 1.807) is 6.08 Å². The predicted molar refractivity (Wildman–Crippen MR) is 57.3 cm³/mol. The van der Waals surface area contributed by atoms with Crippen LogP contribution in [0.25, 0.3) is 0 Å². The molecule has 84 valence electrons. The van der Waals surface area contributed by atoms with Crippen LogP contribution < -0.4 is 0 Å². The Kier molecular flexibility index (Phi) is 5.08. The lowest BCUT2D eigenvalue weighted by molar-refractivity contribution is -0.134. The summed E-state index contributed by atoms with van der Waals surface area (Å²) in [7, 11) is 1.35. The Hall–Kier alpha value is -1.12. The smallest absolute Gasteiger partial charge is 0.330 e. The fourth-order valence-corrected chi connectivity index (χ4v) is 2.13. The lowest BCUT2D eigenvalue weighted by Gasteiger charge is -2.14. The maximum Gasteiger partial charge on any atom is 0.330 e. The first kappa shape index (κ1) is 12.0. The molecular weight excluding hydrogens is 192 g/mol. The van der Waals surface area contributed by atoms with Crippen LogP contribution in [0.2, 0.25) is 0 Å². The lowest BCUT2D eigenvalue weighted by Crippen LogP contribution is -2.12. The number of methoxy groups -OCH3 is 1. The Morgan fingerprint density at radius 1 is 1.47 bits per heavy atom. The summed E-state index contributed by atoms with van der Waals surface area (Å²) in [6, 6.07) is 0. The summed E-state index contributed by atoms with van der Waals surface area (Å²) in [6.45, 7) is 0. The molecule has 0 aromatic heterocycles. The van der Waals surface area contributed by atoms with Crippen LogP contribution in [0.5, 0.6) is 0 Å². The van der Waals surface area contributed by atoms with E-state index in [1.165, 1.54) is 26.0 Å². The zero-order valence-electron chi connectivity index (χ0n) is 9.15. The van der Waals surface area contributed by atoms with Gasteiger partial charge in [0.15, 0.2) is 0 Å². The van der Waals surface area contributed by atoms with Gasteiger partial charge in [0.05, 0.1) is 7.11 Å². The zero-order chi connectivity index (χ0) is 11.1. The van der Waals surface area contributed by atoms with Gasteiger partial charge in [-0.25, -0.2) is 4.79 Å². The highest BCUT2D eigenvalue weighted by atomic mass is 16.5. The maximum atomic E-state index is 10.9. The van der Waals surface area contributed by atoms with Crippen LogP contribution >= 0.6 is 0 Å². The summed E-state index contributed by atoms with van der Waals surface area (Å²) in [4.78, 5) is 21.7. The molecule has 3 nitrogen and oxygen atoms in total. The minimum atomic E-state index is -0.355. The fourth-order valence-electron chi connectivity index (χ4n) is 2.13. The van der Waals surface area contributed by atoms with Crippen molar-refractivity contribution in [2.45, 2.75) is 32.1 Å². The highest BCUT2D eigenvalue weighted by Crippen LogP contribution is 2.32. The Morgan fingerprint density at radius 2 is 2.13 bits per heavy atom. The monoisotopic (exact) mass is 210 g/mol. The average Bonchev–Trinajstić information content (AvgIpc) is 2.77. The van der Waals surface area contributed by atoms with Crippen molar-refractivity contribution in [3.63, 3.8) is 0 Å². The van der Waals surface area contributed by atoms with Gasteiger partial charge in [0, 0.05) is 12.0 Å². The van der Waals surface area contributed by atoms with E-state index in [0.29, 0.717) is 12.3 Å². The third-order valence-corrected chi connectivity index (χ3v) is 3.04. The number of allylic oxidation sites excluding steroid dienone is 1. The van der Waals surface area contributed by atoms with Gasteiger partial charge in [-0.15, -0.1) is 0 Å². The van der Waals surface area contributed by atoms with Gasteiger partial charge in [0.25, 0.3) is 0 Å². The third-order valence-electron chi connectivity index (χ3n) is 3.04. The van der Waals surface area contributed by atoms with Crippen molar-refractivity contribution < 1.29 is 14.3 Å². The molecule has 1 rings (SSSR count). The molecule has 0 saturated heterocycles. The van der Waals surface area contributed by atoms with E-state index in [1.807, 2.05) is 0 Å². The number of esters is 1. The normalized spacial score (nSPS) is 19.3. The van der Waals surface area contributed by atoms with Crippen LogP contribution in [0, 0.1) is 11.8 Å². The largest absolute Gasteiger partial charge is 0.466 e. The molecule has 0 radical (unpaired) electrons. The minimum absolute atomic E-state index is 0.0772. The summed E-state index contributed by atoms with van der Waals surface area (Å²) in [6.07, 6.45) is 9.58. The van der Waals surface area contributed by atoms with Gasteiger partial charge in [-0.3, -0.25) is 0 Å². The molecule has 0 bridgehead atoms. The topological polar surface area (TPSA) is 43.4 Å². The molecule has 3 heteroatoms. The molecule has 0 N–H and O–H groups in total. The van der Waals surface area contributed by atoms with E-state index in [2.05, 4.69) is 4.74 Å². The molecule has 1 fully saturated rings. The van der Waals surface area contributed by atoms with Gasteiger partial charge in [-0.1, -0.05) is 18.9 Å². The summed E-state index contributed by atoms with van der Waals surface area (Å²) >= 11 is 0. The van der Waals surface area contributed by atoms with Gasteiger partial charge in [0.1, 0.15) is 6.29 Å². The second-order valence-corrected chi connectivity index (χ2v) is 4.01. The summed E-state index contributed by atoms with van der Waals surface area (Å²) in [5, 5.41) is 0. The lowest BCUT2D eigenvalue weighted by atomic mass is 9.89. The van der Waals surface area contributed by atoms with Crippen LogP contribution in [0.3, 0.4) is 0 Å². The van der Waals surface area contributed by atoms with Crippen LogP contribution in [-0.2, 0) is 14.3 Å². The predicted octanol–water partition coefficient (Wildman–Crippen LogP) is 2.11. The van der Waals surface area contributed by atoms with E-state index >= 15 is 0 Å². The van der Waals surface area contributed by atoms with Crippen molar-refractivity contribution in [1.29, 1.82) is 0 Å². The van der Waals surface area contributed by atoms with Crippen LogP contribution in [0.4, 0.5) is 0 Å². The quantitative estimate of drug-likeness (QED) is 0.396. The molecule has 0 amide bonds. The van der Waals surface area contributed by atoms with Gasteiger partial charge in [-0.2, -0.15) is 0 Å². The second kappa shape index (κ2) is 6.38. The van der Waals surface area contributed by atoms with Gasteiger partial charge >= 0.3 is 5.97 Å². The highest BCUT2D eigenvalue weighted by molar-refractivity contribution is 5.81. The number of hydrogen-bond donors (Lipinski definition) is 0. The Balaban J connectivity index is 2.36. The number of ether oxygens (including phenoxy) is 1. The van der Waals surface area contributed by atoms with Crippen molar-refractivity contribution >= 4 is 12.3 Å². The molecule has 0 spiro atoms. The van der Waals surface area contributed by atoms with Gasteiger partial charge in [-0.05, 0) is 25.2 Å². The first-order chi connectivity index (χ1) is 7.27. The highest BCUT2D eigenvalue weighted by Gasteiger charge is 2.23. The van der Waals surface area contributed by atoms with Crippen LogP contribution in [0.15, 0.2) is 12.2 Å². The molecule has 1 unspecified atom stereocenters. The summed E-state index contributed by atoms with van der Waals surface area (Å²) < 4.78 is 4.48. The molecule has 0 aromatic rings. The molecule has 1 aliphatic rings. The molecule has 1 aliphatic carbocycles. The van der Waals surface area contributed by atoms with Crippen molar-refractivity contribution in [3.05, 3.63) is 12.2 Å².